The summed E-state index contributed by atoms with van der Waals surface area (Å²) in [5.74, 6) is 1.46. The molecule has 0 aliphatic carbocycles. The average molecular weight is 333 g/mol. The van der Waals surface area contributed by atoms with E-state index < -0.39 is 0 Å². The number of aromatic nitrogens is 2. The predicted octanol–water partition coefficient (Wildman–Crippen LogP) is 3.96. The van der Waals surface area contributed by atoms with Gasteiger partial charge in [-0.1, -0.05) is 49.4 Å². The first kappa shape index (κ1) is 15.9. The van der Waals surface area contributed by atoms with Crippen LogP contribution in [0.1, 0.15) is 37.1 Å². The van der Waals surface area contributed by atoms with Crippen LogP contribution in [0, 0.1) is 0 Å². The highest BCUT2D eigenvalue weighted by Crippen LogP contribution is 2.31. The van der Waals surface area contributed by atoms with Crippen LogP contribution in [-0.4, -0.2) is 26.9 Å². The van der Waals surface area contributed by atoms with Crippen molar-refractivity contribution in [3.05, 3.63) is 66.0 Å². The van der Waals surface area contributed by atoms with E-state index in [1.54, 1.807) is 0 Å². The number of fused-ring (bicyclic) bond motifs is 1. The first-order valence-corrected chi connectivity index (χ1v) is 9.03. The Morgan fingerprint density at radius 3 is 2.64 bits per heavy atom. The number of rotatable bonds is 5. The Labute approximate surface area is 148 Å². The standard InChI is InChI=1S/C21H23N3O/c1-2-12-24-19-11-7-6-10-18(19)22-21(24)17-13-20(25)23(15-17)14-16-8-4-3-5-9-16/h3-11,17H,2,12-15H2,1H3/t17-/m0/s1. The number of carbonyl (C=O) groups excluding carboxylic acids is 1. The van der Waals surface area contributed by atoms with Crippen molar-refractivity contribution < 1.29 is 4.79 Å². The Hall–Kier alpha value is -2.62. The van der Waals surface area contributed by atoms with E-state index in [9.17, 15) is 4.79 Å². The van der Waals surface area contributed by atoms with Gasteiger partial charge in [-0.25, -0.2) is 4.98 Å². The fourth-order valence-corrected chi connectivity index (χ4v) is 3.77. The predicted molar refractivity (Wildman–Crippen MR) is 99.2 cm³/mol. The van der Waals surface area contributed by atoms with E-state index in [4.69, 9.17) is 4.98 Å². The molecule has 128 valence electrons. The van der Waals surface area contributed by atoms with Gasteiger partial charge in [-0.15, -0.1) is 0 Å². The number of hydrogen-bond donors (Lipinski definition) is 0. The minimum Gasteiger partial charge on any atom is -0.338 e. The van der Waals surface area contributed by atoms with Crippen LogP contribution in [0.5, 0.6) is 0 Å². The van der Waals surface area contributed by atoms with Gasteiger partial charge in [0.2, 0.25) is 5.91 Å². The summed E-state index contributed by atoms with van der Waals surface area (Å²) in [5.41, 5.74) is 3.38. The van der Waals surface area contributed by atoms with Crippen molar-refractivity contribution in [2.75, 3.05) is 6.54 Å². The molecule has 0 unspecified atom stereocenters. The number of likely N-dealkylation sites (tertiary alicyclic amines) is 1. The van der Waals surface area contributed by atoms with Gasteiger partial charge in [0, 0.05) is 32.0 Å². The van der Waals surface area contributed by atoms with Crippen LogP contribution in [0.15, 0.2) is 54.6 Å². The summed E-state index contributed by atoms with van der Waals surface area (Å²) in [6.45, 7) is 4.56. The van der Waals surface area contributed by atoms with Crippen LogP contribution in [-0.2, 0) is 17.9 Å². The summed E-state index contributed by atoms with van der Waals surface area (Å²) in [6.07, 6.45) is 1.61. The van der Waals surface area contributed by atoms with Gasteiger partial charge in [0.25, 0.3) is 0 Å². The van der Waals surface area contributed by atoms with E-state index in [2.05, 4.69) is 41.8 Å². The lowest BCUT2D eigenvalue weighted by Gasteiger charge is -2.17. The van der Waals surface area contributed by atoms with Crippen molar-refractivity contribution in [2.24, 2.45) is 0 Å². The number of hydrogen-bond acceptors (Lipinski definition) is 2. The molecule has 4 rings (SSSR count). The van der Waals surface area contributed by atoms with Gasteiger partial charge >= 0.3 is 0 Å². The molecule has 0 saturated carbocycles. The zero-order valence-corrected chi connectivity index (χ0v) is 14.6. The molecular formula is C21H23N3O. The van der Waals surface area contributed by atoms with Crippen molar-refractivity contribution in [3.8, 4) is 0 Å². The van der Waals surface area contributed by atoms with E-state index in [0.717, 1.165) is 30.9 Å². The lowest BCUT2D eigenvalue weighted by Crippen LogP contribution is -2.24. The van der Waals surface area contributed by atoms with Crippen LogP contribution in [0.4, 0.5) is 0 Å². The zero-order chi connectivity index (χ0) is 17.2. The summed E-state index contributed by atoms with van der Waals surface area (Å²) in [7, 11) is 0. The second-order valence-electron chi connectivity index (χ2n) is 6.77. The highest BCUT2D eigenvalue weighted by atomic mass is 16.2. The molecule has 1 saturated heterocycles. The Balaban J connectivity index is 1.61. The molecule has 0 radical (unpaired) electrons. The molecule has 0 N–H and O–H groups in total. The second kappa shape index (κ2) is 6.71. The maximum absolute atomic E-state index is 12.5. The molecule has 3 aromatic rings. The largest absolute Gasteiger partial charge is 0.338 e. The summed E-state index contributed by atoms with van der Waals surface area (Å²) >= 11 is 0. The van der Waals surface area contributed by atoms with Crippen LogP contribution in [0.2, 0.25) is 0 Å². The second-order valence-corrected chi connectivity index (χ2v) is 6.77. The average Bonchev–Trinajstić information content (AvgIpc) is 3.18. The summed E-state index contributed by atoms with van der Waals surface area (Å²) in [5, 5.41) is 0. The van der Waals surface area contributed by atoms with E-state index in [1.165, 1.54) is 11.1 Å². The normalized spacial score (nSPS) is 17.6. The molecule has 4 nitrogen and oxygen atoms in total. The third-order valence-electron chi connectivity index (χ3n) is 4.93. The minimum atomic E-state index is 0.176. The van der Waals surface area contributed by atoms with Crippen molar-refractivity contribution in [1.29, 1.82) is 0 Å². The minimum absolute atomic E-state index is 0.176. The van der Waals surface area contributed by atoms with E-state index in [1.807, 2.05) is 29.2 Å². The molecule has 4 heteroatoms. The van der Waals surface area contributed by atoms with Gasteiger partial charge in [-0.3, -0.25) is 4.79 Å². The summed E-state index contributed by atoms with van der Waals surface area (Å²) in [6, 6.07) is 18.5. The fourth-order valence-electron chi connectivity index (χ4n) is 3.77. The number of aryl methyl sites for hydroxylation is 1. The molecule has 1 amide bonds. The van der Waals surface area contributed by atoms with Crippen LogP contribution < -0.4 is 0 Å². The number of carbonyl (C=O) groups is 1. The van der Waals surface area contributed by atoms with Gasteiger partial charge in [0.05, 0.1) is 11.0 Å². The number of benzene rings is 2. The number of nitrogens with zero attached hydrogens (tertiary/aromatic N) is 3. The Morgan fingerprint density at radius 1 is 1.08 bits per heavy atom. The Morgan fingerprint density at radius 2 is 1.84 bits per heavy atom. The van der Waals surface area contributed by atoms with Gasteiger partial charge in [0.1, 0.15) is 5.82 Å². The molecule has 1 aliphatic rings. The lowest BCUT2D eigenvalue weighted by molar-refractivity contribution is -0.128. The smallest absolute Gasteiger partial charge is 0.223 e. The first-order chi connectivity index (χ1) is 12.3. The number of imidazole rings is 1. The van der Waals surface area contributed by atoms with Crippen molar-refractivity contribution in [1.82, 2.24) is 14.5 Å². The third kappa shape index (κ3) is 3.04. The van der Waals surface area contributed by atoms with E-state index in [0.29, 0.717) is 13.0 Å². The lowest BCUT2D eigenvalue weighted by atomic mass is 10.1. The first-order valence-electron chi connectivity index (χ1n) is 9.03. The molecule has 2 heterocycles. The molecule has 1 aromatic heterocycles. The van der Waals surface area contributed by atoms with Crippen molar-refractivity contribution in [3.63, 3.8) is 0 Å². The Bertz CT molecular complexity index is 885. The highest BCUT2D eigenvalue weighted by Gasteiger charge is 2.33. The molecule has 2 aromatic carbocycles. The SMILES string of the molecule is CCCn1c([C@H]2CC(=O)N(Cc3ccccc3)C2)nc2ccccc21. The molecule has 25 heavy (non-hydrogen) atoms. The molecular weight excluding hydrogens is 310 g/mol. The number of para-hydroxylation sites is 2. The molecule has 0 spiro atoms. The highest BCUT2D eigenvalue weighted by molar-refractivity contribution is 5.81. The van der Waals surface area contributed by atoms with Gasteiger partial charge in [0.15, 0.2) is 0 Å². The van der Waals surface area contributed by atoms with Gasteiger partial charge < -0.3 is 9.47 Å². The summed E-state index contributed by atoms with van der Waals surface area (Å²) in [4.78, 5) is 19.4. The van der Waals surface area contributed by atoms with Gasteiger partial charge in [-0.05, 0) is 24.1 Å². The van der Waals surface area contributed by atoms with Crippen molar-refractivity contribution >= 4 is 16.9 Å². The maximum atomic E-state index is 12.5. The molecule has 1 fully saturated rings. The van der Waals surface area contributed by atoms with Crippen molar-refractivity contribution in [2.45, 2.75) is 38.8 Å². The van der Waals surface area contributed by atoms with E-state index in [-0.39, 0.29) is 11.8 Å². The fraction of sp³-hybridized carbons (Fsp3) is 0.333. The van der Waals surface area contributed by atoms with E-state index >= 15 is 0 Å². The van der Waals surface area contributed by atoms with Crippen LogP contribution >= 0.6 is 0 Å². The maximum Gasteiger partial charge on any atom is 0.223 e. The van der Waals surface area contributed by atoms with Crippen LogP contribution in [0.3, 0.4) is 0 Å². The monoisotopic (exact) mass is 333 g/mol. The Kier molecular flexibility index (Phi) is 4.26. The van der Waals surface area contributed by atoms with Crippen LogP contribution in [0.25, 0.3) is 11.0 Å². The molecule has 1 aliphatic heterocycles. The zero-order valence-electron chi connectivity index (χ0n) is 14.6. The quantitative estimate of drug-likeness (QED) is 0.709. The molecule has 0 bridgehead atoms. The van der Waals surface area contributed by atoms with Gasteiger partial charge in [-0.2, -0.15) is 0 Å². The topological polar surface area (TPSA) is 38.1 Å². The number of amides is 1. The third-order valence-corrected chi connectivity index (χ3v) is 4.93. The summed E-state index contributed by atoms with van der Waals surface area (Å²) < 4.78 is 2.30. The molecule has 1 atom stereocenters.